The van der Waals surface area contributed by atoms with Crippen LogP contribution in [0.25, 0.3) is 6.08 Å². The van der Waals surface area contributed by atoms with E-state index in [4.69, 9.17) is 9.47 Å². The Bertz CT molecular complexity index is 1380. The van der Waals surface area contributed by atoms with E-state index in [2.05, 4.69) is 11.9 Å². The summed E-state index contributed by atoms with van der Waals surface area (Å²) in [6, 6.07) is 11.0. The first-order valence-corrected chi connectivity index (χ1v) is 13.6. The molecule has 0 N–H and O–H groups in total. The minimum atomic E-state index is -0.557. The smallest absolute Gasteiger partial charge is 0.338 e. The Morgan fingerprint density at radius 1 is 1.20 bits per heavy atom. The molecule has 6 nitrogen and oxygen atoms in total. The molecule has 1 aliphatic heterocycles. The molecule has 1 aromatic carbocycles. The van der Waals surface area contributed by atoms with Crippen molar-refractivity contribution in [1.29, 1.82) is 0 Å². The molecule has 8 heteroatoms. The lowest BCUT2D eigenvalue weighted by atomic mass is 10.0. The number of unbranched alkanes of at least 4 members (excludes halogenated alkanes) is 2. The fourth-order valence-electron chi connectivity index (χ4n) is 3.93. The van der Waals surface area contributed by atoms with Gasteiger partial charge >= 0.3 is 5.97 Å². The van der Waals surface area contributed by atoms with Gasteiger partial charge in [-0.15, -0.1) is 11.3 Å². The molecule has 1 aliphatic rings. The molecule has 0 radical (unpaired) electrons. The number of nitrogens with zero attached hydrogens (tertiary/aromatic N) is 2. The van der Waals surface area contributed by atoms with Crippen LogP contribution in [0.15, 0.2) is 62.8 Å². The summed E-state index contributed by atoms with van der Waals surface area (Å²) in [5, 5.41) is 1.94. The number of aromatic nitrogens is 1. The molecular formula is C27H30N2O4S2. The summed E-state index contributed by atoms with van der Waals surface area (Å²) in [6.45, 7) is 8.29. The number of thiophene rings is 1. The van der Waals surface area contributed by atoms with Gasteiger partial charge in [-0.3, -0.25) is 9.36 Å². The predicted octanol–water partition coefficient (Wildman–Crippen LogP) is 4.82. The fraction of sp³-hybridized carbons (Fsp3) is 0.370. The standard InChI is InChI=1S/C27H30N2O4S2/c1-5-6-7-14-32-20-12-10-19(11-13-20)16-22-25(30)29-24(21-9-8-15-34-21)23(26(31)33-17(2)3)18(4)28-27(29)35-22/h8-13,15-17,24H,5-7,14H2,1-4H3. The lowest BCUT2D eigenvalue weighted by Gasteiger charge is -2.24. The van der Waals surface area contributed by atoms with Crippen LogP contribution in [0, 0.1) is 0 Å². The van der Waals surface area contributed by atoms with Crippen molar-refractivity contribution in [2.24, 2.45) is 4.99 Å². The second-order valence-electron chi connectivity index (χ2n) is 8.68. The van der Waals surface area contributed by atoms with Crippen LogP contribution in [0.4, 0.5) is 0 Å². The molecule has 0 fully saturated rings. The van der Waals surface area contributed by atoms with Crippen molar-refractivity contribution in [2.45, 2.75) is 59.1 Å². The van der Waals surface area contributed by atoms with E-state index in [0.29, 0.717) is 27.2 Å². The van der Waals surface area contributed by atoms with Gasteiger partial charge in [0.1, 0.15) is 11.8 Å². The van der Waals surface area contributed by atoms with Gasteiger partial charge in [0.25, 0.3) is 5.56 Å². The van der Waals surface area contributed by atoms with Crippen LogP contribution in [0.3, 0.4) is 0 Å². The normalized spacial score (nSPS) is 15.8. The predicted molar refractivity (Wildman–Crippen MR) is 141 cm³/mol. The highest BCUT2D eigenvalue weighted by molar-refractivity contribution is 7.10. The molecule has 184 valence electrons. The number of ether oxygens (including phenoxy) is 2. The minimum Gasteiger partial charge on any atom is -0.494 e. The van der Waals surface area contributed by atoms with Gasteiger partial charge in [-0.2, -0.15) is 0 Å². The SMILES string of the molecule is CCCCCOc1ccc(C=c2sc3n(c2=O)C(c2cccs2)C(C(=O)OC(C)C)=C(C)N=3)cc1. The maximum Gasteiger partial charge on any atom is 0.338 e. The third kappa shape index (κ3) is 5.65. The zero-order valence-electron chi connectivity index (χ0n) is 20.4. The summed E-state index contributed by atoms with van der Waals surface area (Å²) in [6.07, 6.45) is 4.95. The molecule has 0 spiro atoms. The maximum absolute atomic E-state index is 13.6. The average molecular weight is 511 g/mol. The van der Waals surface area contributed by atoms with E-state index in [9.17, 15) is 9.59 Å². The Morgan fingerprint density at radius 2 is 1.97 bits per heavy atom. The number of fused-ring (bicyclic) bond motifs is 1. The number of allylic oxidation sites excluding steroid dienone is 1. The van der Waals surface area contributed by atoms with Crippen LogP contribution in [0.1, 0.15) is 63.4 Å². The first-order chi connectivity index (χ1) is 16.9. The molecule has 0 aliphatic carbocycles. The number of carbonyl (C=O) groups is 1. The van der Waals surface area contributed by atoms with E-state index < -0.39 is 12.0 Å². The number of benzene rings is 1. The molecule has 35 heavy (non-hydrogen) atoms. The Morgan fingerprint density at radius 3 is 2.63 bits per heavy atom. The highest BCUT2D eigenvalue weighted by Crippen LogP contribution is 2.33. The molecule has 0 bridgehead atoms. The number of hydrogen-bond acceptors (Lipinski definition) is 7. The van der Waals surface area contributed by atoms with E-state index in [-0.39, 0.29) is 11.7 Å². The van der Waals surface area contributed by atoms with Crippen molar-refractivity contribution in [3.63, 3.8) is 0 Å². The molecule has 0 saturated carbocycles. The Hall–Kier alpha value is -2.97. The zero-order valence-corrected chi connectivity index (χ0v) is 22.1. The van der Waals surface area contributed by atoms with Crippen LogP contribution in [-0.2, 0) is 9.53 Å². The fourth-order valence-corrected chi connectivity index (χ4v) is 5.80. The first kappa shape index (κ1) is 25.1. The molecule has 2 aromatic heterocycles. The highest BCUT2D eigenvalue weighted by Gasteiger charge is 2.34. The van der Waals surface area contributed by atoms with Gasteiger partial charge in [0.2, 0.25) is 0 Å². The third-order valence-corrected chi connectivity index (χ3v) is 7.50. The summed E-state index contributed by atoms with van der Waals surface area (Å²) < 4.78 is 13.5. The second kappa shape index (κ2) is 11.2. The van der Waals surface area contributed by atoms with Crippen molar-refractivity contribution in [3.8, 4) is 5.75 Å². The van der Waals surface area contributed by atoms with E-state index in [1.807, 2.05) is 61.7 Å². The van der Waals surface area contributed by atoms with Gasteiger partial charge in [-0.05, 0) is 62.4 Å². The summed E-state index contributed by atoms with van der Waals surface area (Å²) in [5.74, 6) is 0.379. The van der Waals surface area contributed by atoms with Gasteiger partial charge in [-0.25, -0.2) is 9.79 Å². The molecule has 3 aromatic rings. The van der Waals surface area contributed by atoms with E-state index >= 15 is 0 Å². The van der Waals surface area contributed by atoms with Gasteiger partial charge < -0.3 is 9.47 Å². The molecule has 3 heterocycles. The molecule has 1 atom stereocenters. The lowest BCUT2D eigenvalue weighted by Crippen LogP contribution is -2.39. The quantitative estimate of drug-likeness (QED) is 0.306. The monoisotopic (exact) mass is 510 g/mol. The average Bonchev–Trinajstić information content (AvgIpc) is 3.45. The summed E-state index contributed by atoms with van der Waals surface area (Å²) in [7, 11) is 0. The van der Waals surface area contributed by atoms with Gasteiger partial charge in [-0.1, -0.05) is 49.3 Å². The number of hydrogen-bond donors (Lipinski definition) is 0. The summed E-state index contributed by atoms with van der Waals surface area (Å²) >= 11 is 2.83. The Kier molecular flexibility index (Phi) is 8.03. The van der Waals surface area contributed by atoms with Crippen molar-refractivity contribution in [1.82, 2.24) is 4.57 Å². The second-order valence-corrected chi connectivity index (χ2v) is 10.7. The molecular weight excluding hydrogens is 480 g/mol. The van der Waals surface area contributed by atoms with Crippen LogP contribution in [0.5, 0.6) is 5.75 Å². The number of carbonyl (C=O) groups excluding carboxylic acids is 1. The molecule has 0 amide bonds. The Balaban J connectivity index is 1.71. The van der Waals surface area contributed by atoms with Gasteiger partial charge in [0.15, 0.2) is 4.80 Å². The largest absolute Gasteiger partial charge is 0.494 e. The highest BCUT2D eigenvalue weighted by atomic mass is 32.1. The summed E-state index contributed by atoms with van der Waals surface area (Å²) in [4.78, 5) is 32.7. The zero-order chi connectivity index (χ0) is 24.9. The van der Waals surface area contributed by atoms with Crippen LogP contribution in [-0.4, -0.2) is 23.2 Å². The summed E-state index contributed by atoms with van der Waals surface area (Å²) in [5.41, 5.74) is 1.71. The van der Waals surface area contributed by atoms with Crippen molar-refractivity contribution >= 4 is 34.7 Å². The molecule has 4 rings (SSSR count). The number of thiazole rings is 1. The van der Waals surface area contributed by atoms with Crippen molar-refractivity contribution in [2.75, 3.05) is 6.61 Å². The van der Waals surface area contributed by atoms with Gasteiger partial charge in [0.05, 0.1) is 28.5 Å². The molecule has 0 saturated heterocycles. The van der Waals surface area contributed by atoms with Crippen molar-refractivity contribution < 1.29 is 14.3 Å². The molecule has 1 unspecified atom stereocenters. The first-order valence-electron chi connectivity index (χ1n) is 11.9. The van der Waals surface area contributed by atoms with Crippen molar-refractivity contribution in [3.05, 3.63) is 83.2 Å². The maximum atomic E-state index is 13.6. The number of rotatable bonds is 9. The lowest BCUT2D eigenvalue weighted by molar-refractivity contribution is -0.143. The minimum absolute atomic E-state index is 0.172. The third-order valence-electron chi connectivity index (χ3n) is 5.59. The number of esters is 1. The van der Waals surface area contributed by atoms with E-state index in [1.165, 1.54) is 22.7 Å². The van der Waals surface area contributed by atoms with Crippen LogP contribution >= 0.6 is 22.7 Å². The Labute approximate surface area is 212 Å². The van der Waals surface area contributed by atoms with E-state index in [1.54, 1.807) is 11.5 Å². The van der Waals surface area contributed by atoms with Crippen LogP contribution < -0.4 is 19.6 Å². The van der Waals surface area contributed by atoms with Crippen LogP contribution in [0.2, 0.25) is 0 Å². The van der Waals surface area contributed by atoms with Gasteiger partial charge in [0, 0.05) is 4.88 Å². The topological polar surface area (TPSA) is 69.9 Å². The van der Waals surface area contributed by atoms with E-state index in [0.717, 1.165) is 35.5 Å².